The van der Waals surface area contributed by atoms with Crippen LogP contribution in [0.3, 0.4) is 0 Å². The molecule has 4 nitrogen and oxygen atoms in total. The van der Waals surface area contributed by atoms with Crippen molar-refractivity contribution in [3.8, 4) is 5.75 Å². The lowest BCUT2D eigenvalue weighted by atomic mass is 10.1. The van der Waals surface area contributed by atoms with Crippen LogP contribution in [0.2, 0.25) is 0 Å². The van der Waals surface area contributed by atoms with Crippen molar-refractivity contribution < 1.29 is 9.53 Å². The van der Waals surface area contributed by atoms with Crippen LogP contribution in [-0.2, 0) is 11.2 Å². The Hall–Kier alpha value is -2.54. The first-order chi connectivity index (χ1) is 13.7. The van der Waals surface area contributed by atoms with Crippen LogP contribution in [0.4, 0.5) is 11.4 Å². The molecule has 0 radical (unpaired) electrons. The van der Waals surface area contributed by atoms with Crippen molar-refractivity contribution in [2.24, 2.45) is 0 Å². The summed E-state index contributed by atoms with van der Waals surface area (Å²) >= 11 is 2.23. The lowest BCUT2D eigenvalue weighted by Gasteiger charge is -2.10. The van der Waals surface area contributed by atoms with E-state index in [2.05, 4.69) is 57.5 Å². The highest BCUT2D eigenvalue weighted by Crippen LogP contribution is 2.16. The number of aryl methyl sites for hydroxylation is 1. The molecule has 0 saturated heterocycles. The molecule has 3 aromatic rings. The zero-order chi connectivity index (χ0) is 19.6. The molecule has 28 heavy (non-hydrogen) atoms. The molecule has 144 valence electrons. The molecular formula is C23H23IN2O2. The summed E-state index contributed by atoms with van der Waals surface area (Å²) in [6, 6.07) is 25.8. The maximum atomic E-state index is 12.0. The molecule has 0 atom stereocenters. The van der Waals surface area contributed by atoms with Crippen molar-refractivity contribution in [1.82, 2.24) is 0 Å². The lowest BCUT2D eigenvalue weighted by Crippen LogP contribution is -2.21. The second kappa shape index (κ2) is 10.7. The first-order valence-corrected chi connectivity index (χ1v) is 10.3. The molecular weight excluding hydrogens is 463 g/mol. The van der Waals surface area contributed by atoms with Gasteiger partial charge >= 0.3 is 0 Å². The number of rotatable bonds is 9. The zero-order valence-electron chi connectivity index (χ0n) is 15.5. The lowest BCUT2D eigenvalue weighted by molar-refractivity contribution is -0.114. The van der Waals surface area contributed by atoms with Crippen molar-refractivity contribution >= 4 is 39.9 Å². The summed E-state index contributed by atoms with van der Waals surface area (Å²) in [6.45, 7) is 0.892. The number of ether oxygens (including phenoxy) is 1. The van der Waals surface area contributed by atoms with E-state index in [1.165, 1.54) is 5.56 Å². The second-order valence-electron chi connectivity index (χ2n) is 6.37. The molecule has 0 unspecified atom stereocenters. The third-order valence-corrected chi connectivity index (χ3v) is 4.88. The van der Waals surface area contributed by atoms with Crippen LogP contribution >= 0.6 is 22.6 Å². The Balaban J connectivity index is 1.36. The minimum Gasteiger partial charge on any atom is -0.494 e. The molecule has 5 heteroatoms. The summed E-state index contributed by atoms with van der Waals surface area (Å²) in [6.07, 6.45) is 1.98. The molecule has 0 aliphatic rings. The number of carbonyl (C=O) groups is 1. The predicted molar refractivity (Wildman–Crippen MR) is 123 cm³/mol. The fourth-order valence-corrected chi connectivity index (χ4v) is 3.06. The Labute approximate surface area is 179 Å². The molecule has 0 heterocycles. The molecule has 0 bridgehead atoms. The monoisotopic (exact) mass is 486 g/mol. The van der Waals surface area contributed by atoms with Gasteiger partial charge in [0, 0.05) is 14.9 Å². The van der Waals surface area contributed by atoms with Crippen LogP contribution in [0, 0.1) is 3.57 Å². The van der Waals surface area contributed by atoms with Gasteiger partial charge in [0.15, 0.2) is 0 Å². The molecule has 0 saturated carbocycles. The fourth-order valence-electron chi connectivity index (χ4n) is 2.70. The zero-order valence-corrected chi connectivity index (χ0v) is 17.7. The molecule has 3 aromatic carbocycles. The Morgan fingerprint density at radius 2 is 1.54 bits per heavy atom. The minimum atomic E-state index is -0.0811. The third-order valence-electron chi connectivity index (χ3n) is 4.16. The van der Waals surface area contributed by atoms with Crippen LogP contribution in [0.5, 0.6) is 5.75 Å². The van der Waals surface area contributed by atoms with Gasteiger partial charge < -0.3 is 15.4 Å². The minimum absolute atomic E-state index is 0.0811. The van der Waals surface area contributed by atoms with Gasteiger partial charge in [0.05, 0.1) is 13.2 Å². The molecule has 0 spiro atoms. The van der Waals surface area contributed by atoms with Crippen molar-refractivity contribution in [2.45, 2.75) is 12.8 Å². The number of carbonyl (C=O) groups excluding carboxylic acids is 1. The third kappa shape index (κ3) is 6.88. The average molecular weight is 486 g/mol. The van der Waals surface area contributed by atoms with E-state index in [0.717, 1.165) is 33.5 Å². The van der Waals surface area contributed by atoms with E-state index in [-0.39, 0.29) is 12.5 Å². The van der Waals surface area contributed by atoms with Crippen LogP contribution in [-0.4, -0.2) is 19.1 Å². The first kappa shape index (κ1) is 20.2. The molecule has 2 N–H and O–H groups in total. The van der Waals surface area contributed by atoms with E-state index in [0.29, 0.717) is 6.61 Å². The fraction of sp³-hybridized carbons (Fsp3) is 0.174. The van der Waals surface area contributed by atoms with Crippen LogP contribution in [0.15, 0.2) is 78.9 Å². The Kier molecular flexibility index (Phi) is 7.72. The van der Waals surface area contributed by atoms with Crippen LogP contribution in [0.1, 0.15) is 12.0 Å². The number of halogens is 1. The summed E-state index contributed by atoms with van der Waals surface area (Å²) in [5.74, 6) is 0.754. The van der Waals surface area contributed by atoms with Crippen molar-refractivity contribution in [3.63, 3.8) is 0 Å². The highest BCUT2D eigenvalue weighted by Gasteiger charge is 2.03. The number of hydrogen-bond acceptors (Lipinski definition) is 3. The van der Waals surface area contributed by atoms with Gasteiger partial charge in [-0.25, -0.2) is 0 Å². The standard InChI is InChI=1S/C23H23IN2O2/c24-19-8-10-21(11-9-19)26-23(27)17-25-20-12-14-22(15-13-20)28-16-4-7-18-5-2-1-3-6-18/h1-3,5-6,8-15,25H,4,7,16-17H2,(H,26,27). The van der Waals surface area contributed by atoms with Gasteiger partial charge in [-0.1, -0.05) is 30.3 Å². The van der Waals surface area contributed by atoms with Crippen LogP contribution < -0.4 is 15.4 Å². The molecule has 0 fully saturated rings. The highest BCUT2D eigenvalue weighted by molar-refractivity contribution is 14.1. The summed E-state index contributed by atoms with van der Waals surface area (Å²) in [5.41, 5.74) is 3.01. The highest BCUT2D eigenvalue weighted by atomic mass is 127. The summed E-state index contributed by atoms with van der Waals surface area (Å²) in [4.78, 5) is 12.0. The molecule has 1 amide bonds. The van der Waals surface area contributed by atoms with E-state index >= 15 is 0 Å². The normalized spacial score (nSPS) is 10.3. The smallest absolute Gasteiger partial charge is 0.243 e. The first-order valence-electron chi connectivity index (χ1n) is 9.25. The van der Waals surface area contributed by atoms with Gasteiger partial charge in [-0.15, -0.1) is 0 Å². The van der Waals surface area contributed by atoms with Gasteiger partial charge in [-0.3, -0.25) is 4.79 Å². The summed E-state index contributed by atoms with van der Waals surface area (Å²) in [5, 5.41) is 5.99. The van der Waals surface area contributed by atoms with Gasteiger partial charge in [-0.05, 0) is 89.5 Å². The number of benzene rings is 3. The summed E-state index contributed by atoms with van der Waals surface area (Å²) < 4.78 is 6.92. The molecule has 3 rings (SSSR count). The van der Waals surface area contributed by atoms with Crippen molar-refractivity contribution in [3.05, 3.63) is 88.0 Å². The van der Waals surface area contributed by atoms with E-state index < -0.39 is 0 Å². The van der Waals surface area contributed by atoms with Gasteiger partial charge in [0.25, 0.3) is 0 Å². The Bertz CT molecular complexity index is 865. The van der Waals surface area contributed by atoms with Crippen molar-refractivity contribution in [1.29, 1.82) is 0 Å². The van der Waals surface area contributed by atoms with E-state index in [9.17, 15) is 4.79 Å². The molecule has 0 aromatic heterocycles. The summed E-state index contributed by atoms with van der Waals surface area (Å²) in [7, 11) is 0. The quantitative estimate of drug-likeness (QED) is 0.317. The van der Waals surface area contributed by atoms with Gasteiger partial charge in [0.1, 0.15) is 5.75 Å². The maximum absolute atomic E-state index is 12.0. The van der Waals surface area contributed by atoms with E-state index in [1.807, 2.05) is 54.6 Å². The number of anilines is 2. The van der Waals surface area contributed by atoms with Crippen LogP contribution in [0.25, 0.3) is 0 Å². The maximum Gasteiger partial charge on any atom is 0.243 e. The second-order valence-corrected chi connectivity index (χ2v) is 7.62. The number of hydrogen-bond donors (Lipinski definition) is 2. The predicted octanol–water partition coefficient (Wildman–Crippen LogP) is 5.35. The molecule has 0 aliphatic heterocycles. The van der Waals surface area contributed by atoms with Crippen molar-refractivity contribution in [2.75, 3.05) is 23.8 Å². The SMILES string of the molecule is O=C(CNc1ccc(OCCCc2ccccc2)cc1)Nc1ccc(I)cc1. The largest absolute Gasteiger partial charge is 0.494 e. The average Bonchev–Trinajstić information content (AvgIpc) is 2.73. The Morgan fingerprint density at radius 3 is 2.25 bits per heavy atom. The van der Waals surface area contributed by atoms with Gasteiger partial charge in [0.2, 0.25) is 5.91 Å². The molecule has 0 aliphatic carbocycles. The van der Waals surface area contributed by atoms with E-state index in [4.69, 9.17) is 4.74 Å². The van der Waals surface area contributed by atoms with Gasteiger partial charge in [-0.2, -0.15) is 0 Å². The topological polar surface area (TPSA) is 50.4 Å². The Morgan fingerprint density at radius 1 is 0.857 bits per heavy atom. The van der Waals surface area contributed by atoms with E-state index in [1.54, 1.807) is 0 Å². The number of nitrogens with one attached hydrogen (secondary N) is 2. The number of amides is 1.